The summed E-state index contributed by atoms with van der Waals surface area (Å²) in [5.74, 6) is -0.892. The molecule has 0 radical (unpaired) electrons. The predicted molar refractivity (Wildman–Crippen MR) is 105 cm³/mol. The maximum absolute atomic E-state index is 12.2. The highest BCUT2D eigenvalue weighted by molar-refractivity contribution is 9.11. The molecule has 3 N–H and O–H groups in total. The molecule has 2 amide bonds. The molecular weight excluding hydrogens is 448 g/mol. The Kier molecular flexibility index (Phi) is 4.56. The molecule has 1 aliphatic rings. The maximum atomic E-state index is 12.2. The Morgan fingerprint density at radius 3 is 2.79 bits per heavy atom. The summed E-state index contributed by atoms with van der Waals surface area (Å²) in [6, 6.07) is 8.91. The smallest absolute Gasteiger partial charge is 0.269 e. The number of thiazole rings is 1. The van der Waals surface area contributed by atoms with Crippen molar-refractivity contribution in [3.05, 3.63) is 45.6 Å². The minimum absolute atomic E-state index is 0.121. The lowest BCUT2D eigenvalue weighted by Gasteiger charge is -2.16. The van der Waals surface area contributed by atoms with E-state index in [1.807, 2.05) is 24.3 Å². The minimum atomic E-state index is -1.69. The van der Waals surface area contributed by atoms with Crippen LogP contribution in [0.5, 0.6) is 0 Å². The zero-order valence-corrected chi connectivity index (χ0v) is 17.1. The molecule has 0 unspecified atom stereocenters. The third kappa shape index (κ3) is 3.03. The molecule has 1 saturated heterocycles. The molecule has 1 atom stereocenters. The van der Waals surface area contributed by atoms with Crippen molar-refractivity contribution in [3.8, 4) is 21.8 Å². The lowest BCUT2D eigenvalue weighted by molar-refractivity contribution is -0.144. The van der Waals surface area contributed by atoms with Gasteiger partial charge in [-0.25, -0.2) is 4.98 Å². The standard InChI is InChI=1S/C18H15BrN4O4S/c1-23-6-5-18(26,17(23)25)12-8-11(22-27-12)9-3-2-4-10(7-9)16-21-13(15(20)24)14(19)28-16/h2-4,7-8,26H,5-6H2,1H3,(H2,20,24)/t18-/m1/s1. The number of benzene rings is 1. The average molecular weight is 463 g/mol. The molecular formula is C18H15BrN4O4S. The van der Waals surface area contributed by atoms with Crippen LogP contribution in [0.2, 0.25) is 0 Å². The number of amides is 2. The average Bonchev–Trinajstić information content (AvgIpc) is 3.38. The number of carbonyl (C=O) groups is 2. The van der Waals surface area contributed by atoms with Crippen molar-refractivity contribution in [2.45, 2.75) is 12.0 Å². The highest BCUT2D eigenvalue weighted by Gasteiger charge is 2.48. The topological polar surface area (TPSA) is 123 Å². The van der Waals surface area contributed by atoms with Gasteiger partial charge in [0, 0.05) is 37.2 Å². The van der Waals surface area contributed by atoms with Crippen LogP contribution < -0.4 is 5.73 Å². The number of hydrogen-bond acceptors (Lipinski definition) is 7. The predicted octanol–water partition coefficient (Wildman–Crippen LogP) is 2.38. The molecule has 1 aliphatic heterocycles. The Morgan fingerprint density at radius 2 is 2.14 bits per heavy atom. The Bertz CT molecular complexity index is 1090. The normalized spacial score (nSPS) is 19.4. The fourth-order valence-electron chi connectivity index (χ4n) is 3.08. The van der Waals surface area contributed by atoms with Crippen molar-refractivity contribution in [3.63, 3.8) is 0 Å². The van der Waals surface area contributed by atoms with Crippen LogP contribution in [0.1, 0.15) is 22.7 Å². The van der Waals surface area contributed by atoms with Gasteiger partial charge in [-0.15, -0.1) is 11.3 Å². The van der Waals surface area contributed by atoms with Gasteiger partial charge in [-0.1, -0.05) is 23.4 Å². The number of aliphatic hydroxyl groups is 1. The minimum Gasteiger partial charge on any atom is -0.373 e. The zero-order valence-electron chi connectivity index (χ0n) is 14.7. The monoisotopic (exact) mass is 462 g/mol. The number of primary amides is 1. The summed E-state index contributed by atoms with van der Waals surface area (Å²) >= 11 is 4.60. The van der Waals surface area contributed by atoms with Gasteiger partial charge in [0.2, 0.25) is 5.60 Å². The Labute approximate surface area is 172 Å². The van der Waals surface area contributed by atoms with Gasteiger partial charge in [0.25, 0.3) is 11.8 Å². The van der Waals surface area contributed by atoms with Crippen LogP contribution in [-0.2, 0) is 10.4 Å². The number of carbonyl (C=O) groups excluding carboxylic acids is 2. The van der Waals surface area contributed by atoms with E-state index in [2.05, 4.69) is 26.1 Å². The van der Waals surface area contributed by atoms with Crippen LogP contribution in [0, 0.1) is 0 Å². The fraction of sp³-hybridized carbons (Fsp3) is 0.222. The van der Waals surface area contributed by atoms with E-state index in [4.69, 9.17) is 10.3 Å². The van der Waals surface area contributed by atoms with E-state index in [9.17, 15) is 14.7 Å². The summed E-state index contributed by atoms with van der Waals surface area (Å²) in [6.07, 6.45) is 0.250. The second kappa shape index (κ2) is 6.80. The number of rotatable bonds is 4. The van der Waals surface area contributed by atoms with Crippen molar-refractivity contribution < 1.29 is 19.2 Å². The van der Waals surface area contributed by atoms with Gasteiger partial charge in [-0.3, -0.25) is 9.59 Å². The molecule has 10 heteroatoms. The summed E-state index contributed by atoms with van der Waals surface area (Å²) in [6.45, 7) is 0.446. The number of likely N-dealkylation sites (tertiary alicyclic amines) is 1. The second-order valence-electron chi connectivity index (χ2n) is 6.50. The summed E-state index contributed by atoms with van der Waals surface area (Å²) in [5.41, 5.74) is 5.80. The van der Waals surface area contributed by atoms with Gasteiger partial charge in [0.05, 0.1) is 0 Å². The van der Waals surface area contributed by atoms with Gasteiger partial charge in [0.1, 0.15) is 14.5 Å². The molecule has 0 aliphatic carbocycles. The van der Waals surface area contributed by atoms with E-state index in [1.165, 1.54) is 16.2 Å². The van der Waals surface area contributed by atoms with Crippen molar-refractivity contribution in [2.75, 3.05) is 13.6 Å². The van der Waals surface area contributed by atoms with E-state index in [-0.39, 0.29) is 17.9 Å². The molecule has 0 spiro atoms. The van der Waals surface area contributed by atoms with Crippen molar-refractivity contribution in [2.24, 2.45) is 5.73 Å². The lowest BCUT2D eigenvalue weighted by Crippen LogP contribution is -2.35. The van der Waals surface area contributed by atoms with Crippen molar-refractivity contribution >= 4 is 39.1 Å². The summed E-state index contributed by atoms with van der Waals surface area (Å²) in [7, 11) is 1.63. The van der Waals surface area contributed by atoms with Gasteiger partial charge in [0.15, 0.2) is 11.5 Å². The van der Waals surface area contributed by atoms with E-state index < -0.39 is 17.4 Å². The molecule has 0 saturated carbocycles. The van der Waals surface area contributed by atoms with Crippen LogP contribution in [-0.4, -0.2) is 45.6 Å². The number of nitrogens with two attached hydrogens (primary N) is 1. The summed E-state index contributed by atoms with van der Waals surface area (Å²) < 4.78 is 5.86. The Balaban J connectivity index is 1.68. The van der Waals surface area contributed by atoms with E-state index in [0.29, 0.717) is 21.0 Å². The molecule has 144 valence electrons. The first kappa shape index (κ1) is 18.8. The Morgan fingerprint density at radius 1 is 1.39 bits per heavy atom. The van der Waals surface area contributed by atoms with Gasteiger partial charge < -0.3 is 20.3 Å². The SMILES string of the molecule is CN1CC[C@@](O)(c2cc(-c3cccc(-c4nc(C(N)=O)c(Br)s4)c3)no2)C1=O. The molecule has 4 rings (SSSR count). The van der Waals surface area contributed by atoms with Crippen LogP contribution in [0.3, 0.4) is 0 Å². The second-order valence-corrected chi connectivity index (χ2v) is 8.82. The molecule has 3 aromatic rings. The van der Waals surface area contributed by atoms with Crippen LogP contribution in [0.25, 0.3) is 21.8 Å². The van der Waals surface area contributed by atoms with Crippen LogP contribution in [0.4, 0.5) is 0 Å². The molecule has 1 fully saturated rings. The number of halogens is 1. The summed E-state index contributed by atoms with van der Waals surface area (Å²) in [5, 5.41) is 15.3. The van der Waals surface area contributed by atoms with E-state index in [1.54, 1.807) is 13.1 Å². The quantitative estimate of drug-likeness (QED) is 0.613. The number of nitrogens with zero attached hydrogens (tertiary/aromatic N) is 3. The largest absolute Gasteiger partial charge is 0.373 e. The van der Waals surface area contributed by atoms with E-state index in [0.717, 1.165) is 11.1 Å². The number of likely N-dealkylation sites (N-methyl/N-ethyl adjacent to an activating group) is 1. The van der Waals surface area contributed by atoms with Gasteiger partial charge >= 0.3 is 0 Å². The molecule has 28 heavy (non-hydrogen) atoms. The lowest BCUT2D eigenvalue weighted by atomic mass is 9.98. The highest BCUT2D eigenvalue weighted by atomic mass is 79.9. The molecule has 3 heterocycles. The number of aromatic nitrogens is 2. The maximum Gasteiger partial charge on any atom is 0.269 e. The first-order valence-electron chi connectivity index (χ1n) is 8.31. The third-order valence-electron chi connectivity index (χ3n) is 4.65. The first-order chi connectivity index (χ1) is 13.3. The zero-order chi connectivity index (χ0) is 20.1. The molecule has 1 aromatic carbocycles. The van der Waals surface area contributed by atoms with Crippen LogP contribution >= 0.6 is 27.3 Å². The van der Waals surface area contributed by atoms with Crippen molar-refractivity contribution in [1.29, 1.82) is 0 Å². The first-order valence-corrected chi connectivity index (χ1v) is 9.92. The van der Waals surface area contributed by atoms with E-state index >= 15 is 0 Å². The Hall–Kier alpha value is -2.56. The van der Waals surface area contributed by atoms with Crippen molar-refractivity contribution in [1.82, 2.24) is 15.0 Å². The molecule has 0 bridgehead atoms. The number of hydrogen-bond donors (Lipinski definition) is 2. The summed E-state index contributed by atoms with van der Waals surface area (Å²) in [4.78, 5) is 29.4. The van der Waals surface area contributed by atoms with Crippen LogP contribution in [0.15, 0.2) is 38.6 Å². The fourth-order valence-corrected chi connectivity index (χ4v) is 4.62. The molecule has 2 aromatic heterocycles. The van der Waals surface area contributed by atoms with Gasteiger partial charge in [-0.2, -0.15) is 0 Å². The molecule has 8 nitrogen and oxygen atoms in total. The third-order valence-corrected chi connectivity index (χ3v) is 6.41. The highest BCUT2D eigenvalue weighted by Crippen LogP contribution is 2.36. The van der Waals surface area contributed by atoms with Gasteiger partial charge in [-0.05, 0) is 22.0 Å².